The van der Waals surface area contributed by atoms with Crippen molar-refractivity contribution in [3.8, 4) is 0 Å². The number of hydrogen-bond donors (Lipinski definition) is 2. The Kier molecular flexibility index (Phi) is 5.03. The van der Waals surface area contributed by atoms with E-state index in [1.165, 1.54) is 0 Å². The van der Waals surface area contributed by atoms with Crippen molar-refractivity contribution < 1.29 is 14.6 Å². The van der Waals surface area contributed by atoms with Gasteiger partial charge in [-0.15, -0.1) is 0 Å². The molecule has 0 aliphatic carbocycles. The van der Waals surface area contributed by atoms with Crippen molar-refractivity contribution in [3.63, 3.8) is 0 Å². The highest BCUT2D eigenvalue weighted by Crippen LogP contribution is 2.23. The molecule has 1 aromatic heterocycles. The van der Waals surface area contributed by atoms with Crippen molar-refractivity contribution in [1.29, 1.82) is 0 Å². The third-order valence-corrected chi connectivity index (χ3v) is 3.36. The van der Waals surface area contributed by atoms with Crippen LogP contribution in [0.25, 0.3) is 0 Å². The predicted octanol–water partition coefficient (Wildman–Crippen LogP) is 1.70. The van der Waals surface area contributed by atoms with E-state index in [1.807, 2.05) is 6.92 Å². The lowest BCUT2D eigenvalue weighted by atomic mass is 10.0. The van der Waals surface area contributed by atoms with Crippen LogP contribution in [0.15, 0.2) is 0 Å². The number of rotatable bonds is 6. The Balaban J connectivity index is 2.42. The van der Waals surface area contributed by atoms with Gasteiger partial charge in [0.05, 0.1) is 5.69 Å². The van der Waals surface area contributed by atoms with Crippen molar-refractivity contribution in [1.82, 2.24) is 15.3 Å². The van der Waals surface area contributed by atoms with E-state index >= 15 is 0 Å². The fraction of sp³-hybridized carbons (Fsp3) is 0.643. The molecule has 1 unspecified atom stereocenters. The summed E-state index contributed by atoms with van der Waals surface area (Å²) in [6.45, 7) is 5.90. The zero-order valence-electron chi connectivity index (χ0n) is 12.0. The summed E-state index contributed by atoms with van der Waals surface area (Å²) >= 11 is 0. The Hall–Kier alpha value is -1.53. The molecule has 0 radical (unpaired) electrons. The molecule has 1 atom stereocenters. The predicted molar refractivity (Wildman–Crippen MR) is 73.7 cm³/mol. The first kappa shape index (κ1) is 14.9. The summed E-state index contributed by atoms with van der Waals surface area (Å²) < 4.78 is 5.66. The number of carbonyl (C=O) groups is 1. The normalized spacial score (nSPS) is 15.7. The molecule has 2 heterocycles. The van der Waals surface area contributed by atoms with Gasteiger partial charge in [0.25, 0.3) is 0 Å². The number of nitrogens with zero attached hydrogens (tertiary/aromatic N) is 2. The maximum atomic E-state index is 11.4. The topological polar surface area (TPSA) is 84.3 Å². The SMILES string of the molecule is CCCC(OCC)c1nc2c(c(C(=O)O)n1)CCNC2. The number of ether oxygens (including phenoxy) is 1. The quantitative estimate of drug-likeness (QED) is 0.824. The van der Waals surface area contributed by atoms with Gasteiger partial charge in [-0.05, 0) is 26.3 Å². The van der Waals surface area contributed by atoms with E-state index in [0.717, 1.165) is 30.6 Å². The number of carboxylic acids is 1. The molecule has 0 saturated carbocycles. The Morgan fingerprint density at radius 3 is 2.90 bits per heavy atom. The number of nitrogens with one attached hydrogen (secondary N) is 1. The number of fused-ring (bicyclic) bond motifs is 1. The van der Waals surface area contributed by atoms with Gasteiger partial charge in [-0.1, -0.05) is 13.3 Å². The molecule has 0 amide bonds. The summed E-state index contributed by atoms with van der Waals surface area (Å²) in [5, 5.41) is 12.6. The zero-order chi connectivity index (χ0) is 14.5. The lowest BCUT2D eigenvalue weighted by Gasteiger charge is -2.21. The molecule has 1 aliphatic rings. The molecule has 0 fully saturated rings. The standard InChI is InChI=1S/C14H21N3O3/c1-3-5-11(20-4-2)13-16-10-8-15-7-6-9(10)12(17-13)14(18)19/h11,15H,3-8H2,1-2H3,(H,18,19). The molecule has 0 spiro atoms. The van der Waals surface area contributed by atoms with Crippen molar-refractivity contribution in [2.24, 2.45) is 0 Å². The zero-order valence-corrected chi connectivity index (χ0v) is 12.0. The van der Waals surface area contributed by atoms with Crippen LogP contribution in [0.3, 0.4) is 0 Å². The largest absolute Gasteiger partial charge is 0.477 e. The minimum absolute atomic E-state index is 0.132. The highest BCUT2D eigenvalue weighted by Gasteiger charge is 2.24. The number of aromatic carboxylic acids is 1. The van der Waals surface area contributed by atoms with Gasteiger partial charge in [-0.25, -0.2) is 14.8 Å². The molecular formula is C14H21N3O3. The van der Waals surface area contributed by atoms with Gasteiger partial charge in [-0.3, -0.25) is 0 Å². The van der Waals surface area contributed by atoms with E-state index in [9.17, 15) is 9.90 Å². The first-order valence-electron chi connectivity index (χ1n) is 7.12. The van der Waals surface area contributed by atoms with Crippen molar-refractivity contribution in [2.75, 3.05) is 13.2 Å². The van der Waals surface area contributed by atoms with Crippen LogP contribution in [0.2, 0.25) is 0 Å². The third kappa shape index (κ3) is 3.13. The van der Waals surface area contributed by atoms with E-state index in [0.29, 0.717) is 25.4 Å². The highest BCUT2D eigenvalue weighted by molar-refractivity contribution is 5.87. The minimum Gasteiger partial charge on any atom is -0.477 e. The van der Waals surface area contributed by atoms with Crippen LogP contribution in [-0.2, 0) is 17.7 Å². The number of carboxylic acid groups (broad SMARTS) is 1. The Bertz CT molecular complexity index is 485. The lowest BCUT2D eigenvalue weighted by Crippen LogP contribution is -2.29. The molecule has 0 aromatic carbocycles. The van der Waals surface area contributed by atoms with Crippen LogP contribution >= 0.6 is 0 Å². The van der Waals surface area contributed by atoms with E-state index in [1.54, 1.807) is 0 Å². The fourth-order valence-electron chi connectivity index (χ4n) is 2.45. The summed E-state index contributed by atoms with van der Waals surface area (Å²) in [5.41, 5.74) is 1.68. The molecule has 2 N–H and O–H groups in total. The molecule has 2 rings (SSSR count). The Labute approximate surface area is 118 Å². The number of hydrogen-bond acceptors (Lipinski definition) is 5. The smallest absolute Gasteiger partial charge is 0.354 e. The minimum atomic E-state index is -0.987. The van der Waals surface area contributed by atoms with Gasteiger partial charge in [-0.2, -0.15) is 0 Å². The van der Waals surface area contributed by atoms with E-state index in [2.05, 4.69) is 22.2 Å². The maximum Gasteiger partial charge on any atom is 0.354 e. The van der Waals surface area contributed by atoms with Crippen LogP contribution in [0.5, 0.6) is 0 Å². The first-order valence-corrected chi connectivity index (χ1v) is 7.12. The Morgan fingerprint density at radius 1 is 1.45 bits per heavy atom. The van der Waals surface area contributed by atoms with Crippen molar-refractivity contribution in [2.45, 2.75) is 45.8 Å². The molecule has 0 bridgehead atoms. The molecule has 0 saturated heterocycles. The van der Waals surface area contributed by atoms with E-state index < -0.39 is 5.97 Å². The maximum absolute atomic E-state index is 11.4. The van der Waals surface area contributed by atoms with Gasteiger partial charge in [0.15, 0.2) is 11.5 Å². The first-order chi connectivity index (χ1) is 9.67. The summed E-state index contributed by atoms with van der Waals surface area (Å²) in [6.07, 6.45) is 2.16. The van der Waals surface area contributed by atoms with Crippen LogP contribution in [0.1, 0.15) is 60.4 Å². The monoisotopic (exact) mass is 279 g/mol. The van der Waals surface area contributed by atoms with E-state index in [4.69, 9.17) is 4.74 Å². The second kappa shape index (κ2) is 6.76. The van der Waals surface area contributed by atoms with Crippen molar-refractivity contribution in [3.05, 3.63) is 22.8 Å². The van der Waals surface area contributed by atoms with Crippen LogP contribution in [0, 0.1) is 0 Å². The Morgan fingerprint density at radius 2 is 2.25 bits per heavy atom. The van der Waals surface area contributed by atoms with Crippen LogP contribution < -0.4 is 5.32 Å². The third-order valence-electron chi connectivity index (χ3n) is 3.36. The molecule has 1 aliphatic heterocycles. The second-order valence-corrected chi connectivity index (χ2v) is 4.82. The van der Waals surface area contributed by atoms with Gasteiger partial charge < -0.3 is 15.2 Å². The summed E-state index contributed by atoms with van der Waals surface area (Å²) in [5.74, 6) is -0.493. The summed E-state index contributed by atoms with van der Waals surface area (Å²) in [4.78, 5) is 20.2. The van der Waals surface area contributed by atoms with Gasteiger partial charge in [0, 0.05) is 18.7 Å². The van der Waals surface area contributed by atoms with Crippen LogP contribution in [0.4, 0.5) is 0 Å². The molecular weight excluding hydrogens is 258 g/mol. The average molecular weight is 279 g/mol. The van der Waals surface area contributed by atoms with Gasteiger partial charge in [0.2, 0.25) is 0 Å². The lowest BCUT2D eigenvalue weighted by molar-refractivity contribution is 0.0484. The highest BCUT2D eigenvalue weighted by atomic mass is 16.5. The molecule has 6 heteroatoms. The molecule has 6 nitrogen and oxygen atoms in total. The average Bonchev–Trinajstić information content (AvgIpc) is 2.45. The number of aromatic nitrogens is 2. The van der Waals surface area contributed by atoms with Crippen LogP contribution in [-0.4, -0.2) is 34.2 Å². The molecule has 110 valence electrons. The van der Waals surface area contributed by atoms with Crippen molar-refractivity contribution >= 4 is 5.97 Å². The summed E-state index contributed by atoms with van der Waals surface area (Å²) in [6, 6.07) is 0. The van der Waals surface area contributed by atoms with E-state index in [-0.39, 0.29) is 11.8 Å². The van der Waals surface area contributed by atoms with Gasteiger partial charge >= 0.3 is 5.97 Å². The van der Waals surface area contributed by atoms with Gasteiger partial charge in [0.1, 0.15) is 6.10 Å². The molecule has 1 aromatic rings. The molecule has 20 heavy (non-hydrogen) atoms. The second-order valence-electron chi connectivity index (χ2n) is 4.82. The fourth-order valence-corrected chi connectivity index (χ4v) is 2.45. The summed E-state index contributed by atoms with van der Waals surface area (Å²) in [7, 11) is 0.